The van der Waals surface area contributed by atoms with E-state index in [1.165, 1.54) is 6.21 Å². The van der Waals surface area contributed by atoms with Crippen molar-refractivity contribution in [1.82, 2.24) is 0 Å². The molecule has 2 aromatic carbocycles. The Morgan fingerprint density at radius 1 is 1.05 bits per heavy atom. The molecule has 2 N–H and O–H groups in total. The summed E-state index contributed by atoms with van der Waals surface area (Å²) in [5.41, 5.74) is 2.95. The molecule has 19 heavy (non-hydrogen) atoms. The zero-order valence-electron chi connectivity index (χ0n) is 10.1. The van der Waals surface area contributed by atoms with E-state index in [1.807, 2.05) is 13.0 Å². The molecule has 0 aliphatic rings. The molecule has 0 saturated heterocycles. The predicted molar refractivity (Wildman–Crippen MR) is 77.7 cm³/mol. The molecular weight excluding hydrogens is 285 g/mol. The van der Waals surface area contributed by atoms with Gasteiger partial charge in [0.1, 0.15) is 5.75 Å². The minimum Gasteiger partial charge on any atom is -0.508 e. The Morgan fingerprint density at radius 3 is 2.21 bits per heavy atom. The van der Waals surface area contributed by atoms with Gasteiger partial charge in [-0.05, 0) is 47.9 Å². The van der Waals surface area contributed by atoms with Gasteiger partial charge in [0.05, 0.1) is 16.3 Å². The Morgan fingerprint density at radius 2 is 1.68 bits per heavy atom. The van der Waals surface area contributed by atoms with Gasteiger partial charge in [-0.1, -0.05) is 34.4 Å². The molecule has 0 aliphatic carbocycles. The van der Waals surface area contributed by atoms with Crippen LogP contribution >= 0.6 is 23.2 Å². The topological polar surface area (TPSA) is 52.8 Å². The van der Waals surface area contributed by atoms with Gasteiger partial charge in [-0.15, -0.1) is 0 Å². The van der Waals surface area contributed by atoms with Crippen molar-refractivity contribution in [3.63, 3.8) is 0 Å². The molecule has 0 fully saturated rings. The van der Waals surface area contributed by atoms with Crippen molar-refractivity contribution in [3.8, 4) is 16.9 Å². The molecule has 0 atom stereocenters. The second-order valence-corrected chi connectivity index (χ2v) is 4.91. The lowest BCUT2D eigenvalue weighted by atomic mass is 10.0. The van der Waals surface area contributed by atoms with Gasteiger partial charge in [0.2, 0.25) is 0 Å². The molecule has 0 aromatic heterocycles. The van der Waals surface area contributed by atoms with Crippen molar-refractivity contribution in [3.05, 3.63) is 51.5 Å². The second kappa shape index (κ2) is 5.51. The molecule has 5 heteroatoms. The third kappa shape index (κ3) is 2.83. The lowest BCUT2D eigenvalue weighted by Gasteiger charge is -2.08. The van der Waals surface area contributed by atoms with E-state index in [0.717, 1.165) is 16.7 Å². The van der Waals surface area contributed by atoms with Crippen LogP contribution in [0.4, 0.5) is 0 Å². The lowest BCUT2D eigenvalue weighted by Crippen LogP contribution is -1.88. The van der Waals surface area contributed by atoms with Gasteiger partial charge >= 0.3 is 0 Å². The molecule has 0 aliphatic heterocycles. The van der Waals surface area contributed by atoms with Gasteiger partial charge < -0.3 is 10.3 Å². The van der Waals surface area contributed by atoms with E-state index in [9.17, 15) is 5.11 Å². The molecule has 0 spiro atoms. The fourth-order valence-electron chi connectivity index (χ4n) is 1.77. The van der Waals surface area contributed by atoms with Crippen LogP contribution in [-0.2, 0) is 0 Å². The number of hydrogen-bond acceptors (Lipinski definition) is 3. The summed E-state index contributed by atoms with van der Waals surface area (Å²) < 4.78 is 0. The number of phenols is 1. The summed E-state index contributed by atoms with van der Waals surface area (Å²) >= 11 is 12.2. The molecule has 2 aromatic rings. The van der Waals surface area contributed by atoms with E-state index in [4.69, 9.17) is 28.4 Å². The third-order valence-corrected chi connectivity index (χ3v) is 3.42. The maximum Gasteiger partial charge on any atom is 0.118 e. The standard InChI is InChI=1S/C14H11Cl2NO2/c1-8-4-9(2-3-14(8)18)10-5-12(15)11(7-17-19)13(16)6-10/h2-7,18-19H,1H3/b17-7+. The molecule has 3 nitrogen and oxygen atoms in total. The molecule has 0 saturated carbocycles. The fraction of sp³-hybridized carbons (Fsp3) is 0.0714. The summed E-state index contributed by atoms with van der Waals surface area (Å²) in [6, 6.07) is 8.71. The number of benzene rings is 2. The van der Waals surface area contributed by atoms with Gasteiger partial charge in [-0.2, -0.15) is 0 Å². The van der Waals surface area contributed by atoms with Crippen LogP contribution in [0.25, 0.3) is 11.1 Å². The first-order valence-electron chi connectivity index (χ1n) is 5.49. The van der Waals surface area contributed by atoms with Crippen LogP contribution < -0.4 is 0 Å². The largest absolute Gasteiger partial charge is 0.508 e. The highest BCUT2D eigenvalue weighted by Crippen LogP contribution is 2.32. The quantitative estimate of drug-likeness (QED) is 0.487. The Balaban J connectivity index is 2.54. The Kier molecular flexibility index (Phi) is 3.98. The van der Waals surface area contributed by atoms with Crippen LogP contribution in [-0.4, -0.2) is 16.5 Å². The zero-order chi connectivity index (χ0) is 14.0. The van der Waals surface area contributed by atoms with Crippen LogP contribution in [0.1, 0.15) is 11.1 Å². The van der Waals surface area contributed by atoms with Crippen LogP contribution in [0.5, 0.6) is 5.75 Å². The summed E-state index contributed by atoms with van der Waals surface area (Å²) in [5, 5.41) is 21.8. The van der Waals surface area contributed by atoms with Crippen LogP contribution in [0.3, 0.4) is 0 Å². The van der Waals surface area contributed by atoms with E-state index in [-0.39, 0.29) is 5.75 Å². The number of hydrogen-bond donors (Lipinski definition) is 2. The van der Waals surface area contributed by atoms with E-state index in [1.54, 1.807) is 24.3 Å². The molecular formula is C14H11Cl2NO2. The van der Waals surface area contributed by atoms with Crippen LogP contribution in [0, 0.1) is 6.92 Å². The Labute approximate surface area is 120 Å². The lowest BCUT2D eigenvalue weighted by molar-refractivity contribution is 0.322. The van der Waals surface area contributed by atoms with Crippen molar-refractivity contribution in [1.29, 1.82) is 0 Å². The number of phenolic OH excluding ortho intramolecular Hbond substituents is 1. The summed E-state index contributed by atoms with van der Waals surface area (Å²) in [6.45, 7) is 1.81. The van der Waals surface area contributed by atoms with Gasteiger partial charge in [-0.25, -0.2) is 0 Å². The minimum absolute atomic E-state index is 0.241. The summed E-state index contributed by atoms with van der Waals surface area (Å²) in [4.78, 5) is 0. The fourth-order valence-corrected chi connectivity index (χ4v) is 2.35. The van der Waals surface area contributed by atoms with Gasteiger partial charge in [-0.3, -0.25) is 0 Å². The van der Waals surface area contributed by atoms with E-state index in [2.05, 4.69) is 5.16 Å². The molecule has 0 amide bonds. The molecule has 98 valence electrons. The molecule has 0 heterocycles. The van der Waals surface area contributed by atoms with Crippen LogP contribution in [0.2, 0.25) is 10.0 Å². The SMILES string of the molecule is Cc1cc(-c2cc(Cl)c(/C=N/O)c(Cl)c2)ccc1O. The number of nitrogens with zero attached hydrogens (tertiary/aromatic N) is 1. The number of aromatic hydroxyl groups is 1. The first-order chi connectivity index (χ1) is 9.02. The van der Waals surface area contributed by atoms with E-state index >= 15 is 0 Å². The molecule has 0 radical (unpaired) electrons. The van der Waals surface area contributed by atoms with Crippen molar-refractivity contribution >= 4 is 29.4 Å². The summed E-state index contributed by atoms with van der Waals surface area (Å²) in [5.74, 6) is 0.241. The smallest absolute Gasteiger partial charge is 0.118 e. The molecule has 2 rings (SSSR count). The number of aryl methyl sites for hydroxylation is 1. The highest BCUT2D eigenvalue weighted by molar-refractivity contribution is 6.39. The van der Waals surface area contributed by atoms with Crippen LogP contribution in [0.15, 0.2) is 35.5 Å². The maximum absolute atomic E-state index is 9.52. The Bertz CT molecular complexity index is 631. The average Bonchev–Trinajstić information content (AvgIpc) is 2.37. The van der Waals surface area contributed by atoms with Crippen molar-refractivity contribution in [2.24, 2.45) is 5.16 Å². The summed E-state index contributed by atoms with van der Waals surface area (Å²) in [6.07, 6.45) is 1.19. The molecule has 0 bridgehead atoms. The minimum atomic E-state index is 0.241. The molecule has 0 unspecified atom stereocenters. The summed E-state index contributed by atoms with van der Waals surface area (Å²) in [7, 11) is 0. The number of rotatable bonds is 2. The maximum atomic E-state index is 9.52. The first-order valence-corrected chi connectivity index (χ1v) is 6.25. The van der Waals surface area contributed by atoms with Crippen molar-refractivity contribution in [2.75, 3.05) is 0 Å². The van der Waals surface area contributed by atoms with Gasteiger partial charge in [0.15, 0.2) is 0 Å². The predicted octanol–water partition coefficient (Wildman–Crippen LogP) is 4.48. The Hall–Kier alpha value is -1.71. The van der Waals surface area contributed by atoms with Crippen molar-refractivity contribution < 1.29 is 10.3 Å². The van der Waals surface area contributed by atoms with Gasteiger partial charge in [0, 0.05) is 5.56 Å². The van der Waals surface area contributed by atoms with Crippen molar-refractivity contribution in [2.45, 2.75) is 6.92 Å². The monoisotopic (exact) mass is 295 g/mol. The zero-order valence-corrected chi connectivity index (χ0v) is 11.6. The highest BCUT2D eigenvalue weighted by Gasteiger charge is 2.09. The normalized spacial score (nSPS) is 11.1. The van der Waals surface area contributed by atoms with Gasteiger partial charge in [0.25, 0.3) is 0 Å². The number of oxime groups is 1. The second-order valence-electron chi connectivity index (χ2n) is 4.10. The highest BCUT2D eigenvalue weighted by atomic mass is 35.5. The average molecular weight is 296 g/mol. The third-order valence-electron chi connectivity index (χ3n) is 2.80. The van der Waals surface area contributed by atoms with E-state index < -0.39 is 0 Å². The first kappa shape index (κ1) is 13.7. The van der Waals surface area contributed by atoms with E-state index in [0.29, 0.717) is 15.6 Å². The number of halogens is 2.